The summed E-state index contributed by atoms with van der Waals surface area (Å²) in [5, 5.41) is 2.98. The zero-order chi connectivity index (χ0) is 10.6. The van der Waals surface area contributed by atoms with E-state index in [-0.39, 0.29) is 11.8 Å². The van der Waals surface area contributed by atoms with Gasteiger partial charge in [-0.1, -0.05) is 0 Å². The molecule has 1 aromatic rings. The van der Waals surface area contributed by atoms with Gasteiger partial charge in [0.05, 0.1) is 18.3 Å². The Morgan fingerprint density at radius 2 is 2.29 bits per heavy atom. The topological polar surface area (TPSA) is 59.3 Å². The smallest absolute Gasteiger partial charge is 0.148 e. The summed E-state index contributed by atoms with van der Waals surface area (Å²) in [5.41, 5.74) is 1.01. The van der Waals surface area contributed by atoms with E-state index in [2.05, 4.69) is 5.32 Å². The van der Waals surface area contributed by atoms with Crippen LogP contribution in [0.3, 0.4) is 0 Å². The molecule has 0 saturated carbocycles. The first-order chi connectivity index (χ1) is 6.51. The number of hydrogen-bond donors (Lipinski definition) is 1. The lowest BCUT2D eigenvalue weighted by atomic mass is 10.1. The van der Waals surface area contributed by atoms with Gasteiger partial charge in [0.25, 0.3) is 0 Å². The Morgan fingerprint density at radius 1 is 1.57 bits per heavy atom. The standard InChI is InChI=1S/C9H15NO3S/c1-10-9(7-14(2,11)12)5-8-3-4-13-6-8/h3-4,6,9-10H,5,7H2,1-2H3. The molecule has 0 radical (unpaired) electrons. The third kappa shape index (κ3) is 3.93. The monoisotopic (exact) mass is 217 g/mol. The Hall–Kier alpha value is -0.810. The molecular formula is C9H15NO3S. The van der Waals surface area contributed by atoms with Crippen LogP contribution in [0.4, 0.5) is 0 Å². The van der Waals surface area contributed by atoms with Crippen LogP contribution < -0.4 is 5.32 Å². The number of rotatable bonds is 5. The minimum atomic E-state index is -2.93. The molecule has 1 heterocycles. The molecule has 1 unspecified atom stereocenters. The molecule has 0 bridgehead atoms. The molecular weight excluding hydrogens is 202 g/mol. The lowest BCUT2D eigenvalue weighted by Crippen LogP contribution is -2.34. The Balaban J connectivity index is 2.56. The van der Waals surface area contributed by atoms with Crippen LogP contribution in [-0.2, 0) is 16.3 Å². The maximum absolute atomic E-state index is 11.1. The zero-order valence-corrected chi connectivity index (χ0v) is 9.17. The van der Waals surface area contributed by atoms with Gasteiger partial charge in [-0.2, -0.15) is 0 Å². The highest BCUT2D eigenvalue weighted by molar-refractivity contribution is 7.90. The average Bonchev–Trinajstić information content (AvgIpc) is 2.53. The van der Waals surface area contributed by atoms with Crippen LogP contribution in [0, 0.1) is 0 Å². The van der Waals surface area contributed by atoms with Crippen molar-refractivity contribution in [2.75, 3.05) is 19.1 Å². The predicted molar refractivity (Wildman–Crippen MR) is 55.0 cm³/mol. The summed E-state index contributed by atoms with van der Waals surface area (Å²) in [7, 11) is -1.17. The van der Waals surface area contributed by atoms with E-state index in [1.165, 1.54) is 6.26 Å². The number of furan rings is 1. The zero-order valence-electron chi connectivity index (χ0n) is 8.36. The fourth-order valence-corrected chi connectivity index (χ4v) is 2.32. The maximum Gasteiger partial charge on any atom is 0.148 e. The Kier molecular flexibility index (Phi) is 3.71. The van der Waals surface area contributed by atoms with Gasteiger partial charge in [-0.15, -0.1) is 0 Å². The SMILES string of the molecule is CNC(Cc1ccoc1)CS(C)(=O)=O. The molecule has 1 aromatic heterocycles. The summed E-state index contributed by atoms with van der Waals surface area (Å²) < 4.78 is 27.0. The number of nitrogens with one attached hydrogen (secondary N) is 1. The molecule has 80 valence electrons. The molecule has 0 saturated heterocycles. The van der Waals surface area contributed by atoms with Gasteiger partial charge in [0.15, 0.2) is 0 Å². The van der Waals surface area contributed by atoms with E-state index in [1.807, 2.05) is 6.07 Å². The van der Waals surface area contributed by atoms with Gasteiger partial charge < -0.3 is 9.73 Å². The van der Waals surface area contributed by atoms with Crippen molar-refractivity contribution in [3.63, 3.8) is 0 Å². The fraction of sp³-hybridized carbons (Fsp3) is 0.556. The van der Waals surface area contributed by atoms with E-state index in [1.54, 1.807) is 19.6 Å². The molecule has 0 fully saturated rings. The Morgan fingerprint density at radius 3 is 2.71 bits per heavy atom. The molecule has 1 atom stereocenters. The quantitative estimate of drug-likeness (QED) is 0.778. The third-order valence-corrected chi connectivity index (χ3v) is 2.98. The van der Waals surface area contributed by atoms with Gasteiger partial charge in [0, 0.05) is 12.3 Å². The summed E-state index contributed by atoms with van der Waals surface area (Å²) in [6.45, 7) is 0. The van der Waals surface area contributed by atoms with Crippen LogP contribution in [0.2, 0.25) is 0 Å². The lowest BCUT2D eigenvalue weighted by molar-refractivity contribution is 0.549. The number of sulfone groups is 1. The summed E-state index contributed by atoms with van der Waals surface area (Å²) in [6.07, 6.45) is 5.13. The highest BCUT2D eigenvalue weighted by Crippen LogP contribution is 2.05. The van der Waals surface area contributed by atoms with Gasteiger partial charge in [-0.3, -0.25) is 0 Å². The molecule has 0 amide bonds. The fourth-order valence-electron chi connectivity index (χ4n) is 1.30. The van der Waals surface area contributed by atoms with Crippen molar-refractivity contribution < 1.29 is 12.8 Å². The molecule has 4 nitrogen and oxygen atoms in total. The van der Waals surface area contributed by atoms with Crippen LogP contribution in [0.5, 0.6) is 0 Å². The molecule has 5 heteroatoms. The molecule has 0 aliphatic heterocycles. The summed E-state index contributed by atoms with van der Waals surface area (Å²) in [5.74, 6) is 0.147. The van der Waals surface area contributed by atoms with Crippen molar-refractivity contribution in [2.24, 2.45) is 0 Å². The first-order valence-electron chi connectivity index (χ1n) is 4.37. The molecule has 14 heavy (non-hydrogen) atoms. The van der Waals surface area contributed by atoms with Crippen LogP contribution >= 0.6 is 0 Å². The van der Waals surface area contributed by atoms with Gasteiger partial charge >= 0.3 is 0 Å². The van der Waals surface area contributed by atoms with E-state index < -0.39 is 9.84 Å². The molecule has 1 N–H and O–H groups in total. The molecule has 0 spiro atoms. The van der Waals surface area contributed by atoms with E-state index in [0.717, 1.165) is 5.56 Å². The highest BCUT2D eigenvalue weighted by atomic mass is 32.2. The van der Waals surface area contributed by atoms with Gasteiger partial charge in [0.1, 0.15) is 9.84 Å². The van der Waals surface area contributed by atoms with Crippen molar-refractivity contribution in [1.29, 1.82) is 0 Å². The minimum Gasteiger partial charge on any atom is -0.472 e. The molecule has 0 aliphatic carbocycles. The lowest BCUT2D eigenvalue weighted by Gasteiger charge is -2.13. The van der Waals surface area contributed by atoms with Crippen molar-refractivity contribution >= 4 is 9.84 Å². The van der Waals surface area contributed by atoms with Crippen LogP contribution in [-0.4, -0.2) is 33.5 Å². The van der Waals surface area contributed by atoms with Crippen LogP contribution in [0.15, 0.2) is 23.0 Å². The third-order valence-electron chi connectivity index (χ3n) is 1.97. The largest absolute Gasteiger partial charge is 0.472 e. The van der Waals surface area contributed by atoms with E-state index in [0.29, 0.717) is 6.42 Å². The normalized spacial score (nSPS) is 14.1. The van der Waals surface area contributed by atoms with Crippen molar-refractivity contribution in [2.45, 2.75) is 12.5 Å². The average molecular weight is 217 g/mol. The molecule has 0 aliphatic rings. The van der Waals surface area contributed by atoms with Gasteiger partial charge in [-0.25, -0.2) is 8.42 Å². The van der Waals surface area contributed by atoms with Crippen molar-refractivity contribution in [1.82, 2.24) is 5.32 Å². The first kappa shape index (κ1) is 11.3. The summed E-state index contributed by atoms with van der Waals surface area (Å²) in [6, 6.07) is 1.79. The molecule has 0 aromatic carbocycles. The van der Waals surface area contributed by atoms with Gasteiger partial charge in [-0.05, 0) is 25.1 Å². The van der Waals surface area contributed by atoms with Crippen LogP contribution in [0.25, 0.3) is 0 Å². The first-order valence-corrected chi connectivity index (χ1v) is 6.43. The van der Waals surface area contributed by atoms with Crippen LogP contribution in [0.1, 0.15) is 5.56 Å². The second-order valence-electron chi connectivity index (χ2n) is 3.41. The summed E-state index contributed by atoms with van der Waals surface area (Å²) in [4.78, 5) is 0. The highest BCUT2D eigenvalue weighted by Gasteiger charge is 2.14. The van der Waals surface area contributed by atoms with Gasteiger partial charge in [0.2, 0.25) is 0 Å². The molecule has 1 rings (SSSR count). The summed E-state index contributed by atoms with van der Waals surface area (Å²) >= 11 is 0. The Labute approximate surface area is 84.2 Å². The Bertz CT molecular complexity index is 355. The number of likely N-dealkylation sites (N-methyl/N-ethyl adjacent to an activating group) is 1. The second kappa shape index (κ2) is 4.61. The second-order valence-corrected chi connectivity index (χ2v) is 5.60. The van der Waals surface area contributed by atoms with E-state index >= 15 is 0 Å². The minimum absolute atomic E-state index is 0.0531. The van der Waals surface area contributed by atoms with Crippen molar-refractivity contribution in [3.05, 3.63) is 24.2 Å². The van der Waals surface area contributed by atoms with Crippen molar-refractivity contribution in [3.8, 4) is 0 Å². The number of hydrogen-bond acceptors (Lipinski definition) is 4. The van der Waals surface area contributed by atoms with E-state index in [4.69, 9.17) is 4.42 Å². The maximum atomic E-state index is 11.1. The predicted octanol–water partition coefficient (Wildman–Crippen LogP) is 0.455. The van der Waals surface area contributed by atoms with E-state index in [9.17, 15) is 8.42 Å².